The fourth-order valence-electron chi connectivity index (χ4n) is 8.66. The topological polar surface area (TPSA) is 0 Å². The second-order valence-corrected chi connectivity index (χ2v) is 23.3. The molecule has 0 N–H and O–H groups in total. The van der Waals surface area contributed by atoms with Gasteiger partial charge in [0.15, 0.2) is 0 Å². The van der Waals surface area contributed by atoms with Gasteiger partial charge in [0.25, 0.3) is 0 Å². The lowest BCUT2D eigenvalue weighted by Gasteiger charge is -2.39. The van der Waals surface area contributed by atoms with Crippen LogP contribution in [0.5, 0.6) is 0 Å². The molecule has 2 aliphatic rings. The fourth-order valence-corrected chi connectivity index (χ4v) is 18.3. The first-order valence-electron chi connectivity index (χ1n) is 17.3. The average molecular weight is 685 g/mol. The maximum absolute atomic E-state index is 2.66. The Labute approximate surface area is 295 Å². The van der Waals surface area contributed by atoms with Gasteiger partial charge >= 0.3 is 0 Å². The van der Waals surface area contributed by atoms with Crippen LogP contribution in [0.2, 0.25) is 13.1 Å². The van der Waals surface area contributed by atoms with E-state index in [9.17, 15) is 0 Å². The van der Waals surface area contributed by atoms with E-state index < -0.39 is 23.9 Å². The van der Waals surface area contributed by atoms with Gasteiger partial charge in [-0.2, -0.15) is 0 Å². The molecule has 0 aliphatic heterocycles. The average Bonchev–Trinajstić information content (AvgIpc) is 3.65. The minimum Gasteiger partial charge on any atom is -0.0679 e. The molecule has 0 aromatic heterocycles. The lowest BCUT2D eigenvalue weighted by atomic mass is 10.1. The van der Waals surface area contributed by atoms with E-state index in [0.717, 1.165) is 0 Å². The van der Waals surface area contributed by atoms with Gasteiger partial charge in [-0.3, -0.25) is 0 Å². The summed E-state index contributed by atoms with van der Waals surface area (Å²) in [6, 6.07) is 59.4. The predicted molar refractivity (Wildman–Crippen MR) is 221 cm³/mol. The van der Waals surface area contributed by atoms with E-state index in [1.165, 1.54) is 54.1 Å². The van der Waals surface area contributed by atoms with Gasteiger partial charge in [0, 0.05) is 11.1 Å². The van der Waals surface area contributed by atoms with Crippen molar-refractivity contribution in [3.05, 3.63) is 191 Å². The molecule has 3 heteroatoms. The molecule has 0 heterocycles. The van der Waals surface area contributed by atoms with E-state index in [-0.39, 0.29) is 0 Å². The molecule has 0 spiro atoms. The van der Waals surface area contributed by atoms with E-state index in [1.807, 2.05) is 0 Å². The van der Waals surface area contributed by atoms with Crippen molar-refractivity contribution < 1.29 is 0 Å². The van der Waals surface area contributed by atoms with Crippen molar-refractivity contribution in [3.8, 4) is 0 Å². The molecular weight excluding hydrogens is 643 g/mol. The molecule has 0 saturated heterocycles. The van der Waals surface area contributed by atoms with E-state index in [1.54, 1.807) is 11.1 Å². The maximum Gasteiger partial charge on any atom is 0.0722 e. The molecular formula is C46H42P2Si. The zero-order valence-electron chi connectivity index (χ0n) is 28.7. The van der Waals surface area contributed by atoms with Crippen molar-refractivity contribution in [1.29, 1.82) is 0 Å². The van der Waals surface area contributed by atoms with E-state index >= 15 is 0 Å². The Bertz CT molecular complexity index is 1930. The molecule has 0 fully saturated rings. The van der Waals surface area contributed by atoms with Gasteiger partial charge in [0.1, 0.15) is 0 Å². The summed E-state index contributed by atoms with van der Waals surface area (Å²) in [6.45, 7) is 10.1. The van der Waals surface area contributed by atoms with Crippen LogP contribution in [0.4, 0.5) is 0 Å². The highest BCUT2D eigenvalue weighted by atomic mass is 31.1. The number of hydrogen-bond acceptors (Lipinski definition) is 0. The van der Waals surface area contributed by atoms with Gasteiger partial charge in [-0.25, -0.2) is 0 Å². The molecule has 2 aliphatic carbocycles. The molecule has 0 nitrogen and oxygen atoms in total. The van der Waals surface area contributed by atoms with Gasteiger partial charge in [-0.15, -0.1) is 0 Å². The third-order valence-electron chi connectivity index (χ3n) is 10.5. The molecule has 0 amide bonds. The molecule has 0 bridgehead atoms. The van der Waals surface area contributed by atoms with Gasteiger partial charge in [0.05, 0.1) is 8.07 Å². The first-order valence-corrected chi connectivity index (χ1v) is 23.2. The van der Waals surface area contributed by atoms with Gasteiger partial charge in [-0.1, -0.05) is 182 Å². The van der Waals surface area contributed by atoms with Gasteiger partial charge in [-0.05, 0) is 95.9 Å². The summed E-state index contributed by atoms with van der Waals surface area (Å²) >= 11 is 0. The van der Waals surface area contributed by atoms with Crippen LogP contribution in [0, 0.1) is 0 Å². The summed E-state index contributed by atoms with van der Waals surface area (Å²) in [5.41, 5.74) is 9.87. The summed E-state index contributed by atoms with van der Waals surface area (Å²) in [5, 5.41) is 8.52. The normalized spacial score (nSPS) is 16.8. The number of benzene rings is 6. The van der Waals surface area contributed by atoms with Crippen LogP contribution in [-0.4, -0.2) is 8.07 Å². The van der Waals surface area contributed by atoms with E-state index in [2.05, 4.69) is 197 Å². The summed E-state index contributed by atoms with van der Waals surface area (Å²) in [6.07, 6.45) is 4.97. The molecule has 49 heavy (non-hydrogen) atoms. The summed E-state index contributed by atoms with van der Waals surface area (Å²) in [7, 11) is -3.33. The number of allylic oxidation sites excluding steroid dienone is 2. The monoisotopic (exact) mass is 684 g/mol. The quantitative estimate of drug-likeness (QED) is 0.111. The molecule has 8 rings (SSSR count). The standard InChI is InChI=1S/C46H42P2Si/c1-33-29-35-25-27-41(47(37-17-9-5-10-18-37)38-19-11-6-12-20-38)31-43(35)45(33)49(3,4)46-34(2)30-36-26-28-42(32-44(36)46)48(39-21-13-7-14-22-39)40-23-15-8-16-24-40/h5-32,45-46H,1-4H3. The van der Waals surface area contributed by atoms with Crippen LogP contribution >= 0.6 is 15.8 Å². The smallest absolute Gasteiger partial charge is 0.0679 e. The second-order valence-electron chi connectivity index (χ2n) is 14.1. The molecule has 2 unspecified atom stereocenters. The second kappa shape index (κ2) is 13.3. The third-order valence-corrected chi connectivity index (χ3v) is 19.9. The van der Waals surface area contributed by atoms with Crippen molar-refractivity contribution in [1.82, 2.24) is 0 Å². The highest BCUT2D eigenvalue weighted by Crippen LogP contribution is 2.53. The number of fused-ring (bicyclic) bond motifs is 2. The summed E-state index contributed by atoms with van der Waals surface area (Å²) in [4.78, 5) is 0. The Morgan fingerprint density at radius 1 is 0.388 bits per heavy atom. The molecule has 2 atom stereocenters. The Morgan fingerprint density at radius 2 is 0.694 bits per heavy atom. The van der Waals surface area contributed by atoms with Crippen LogP contribution in [0.25, 0.3) is 12.2 Å². The molecule has 0 saturated carbocycles. The van der Waals surface area contributed by atoms with E-state index in [0.29, 0.717) is 11.1 Å². The number of rotatable bonds is 8. The van der Waals surface area contributed by atoms with Crippen molar-refractivity contribution in [3.63, 3.8) is 0 Å². The first-order chi connectivity index (χ1) is 23.9. The first kappa shape index (κ1) is 32.1. The summed E-state index contributed by atoms with van der Waals surface area (Å²) < 4.78 is 0. The molecule has 0 radical (unpaired) electrons. The SMILES string of the molecule is CC1=Cc2ccc(P(c3ccccc3)c3ccccc3)cc2C1[Si](C)(C)C1C(C)=Cc2ccc(P(c3ccccc3)c3ccccc3)cc21. The van der Waals surface area contributed by atoms with Crippen LogP contribution in [0.3, 0.4) is 0 Å². The highest BCUT2D eigenvalue weighted by Gasteiger charge is 2.47. The van der Waals surface area contributed by atoms with Crippen LogP contribution in [0.15, 0.2) is 169 Å². The van der Waals surface area contributed by atoms with Crippen molar-refractivity contribution in [2.45, 2.75) is 38.0 Å². The highest BCUT2D eigenvalue weighted by molar-refractivity contribution is 7.80. The maximum atomic E-state index is 2.66. The lowest BCUT2D eigenvalue weighted by Crippen LogP contribution is -2.42. The molecule has 6 aromatic rings. The van der Waals surface area contributed by atoms with Gasteiger partial charge < -0.3 is 0 Å². The Kier molecular flexibility index (Phi) is 8.71. The van der Waals surface area contributed by atoms with E-state index in [4.69, 9.17) is 0 Å². The molecule has 6 aromatic carbocycles. The van der Waals surface area contributed by atoms with Crippen molar-refractivity contribution in [2.75, 3.05) is 0 Å². The van der Waals surface area contributed by atoms with Crippen molar-refractivity contribution in [2.24, 2.45) is 0 Å². The van der Waals surface area contributed by atoms with Crippen molar-refractivity contribution >= 4 is 67.9 Å². The van der Waals surface area contributed by atoms with Crippen LogP contribution in [-0.2, 0) is 0 Å². The minimum atomic E-state index is -2.02. The zero-order valence-corrected chi connectivity index (χ0v) is 31.5. The summed E-state index contributed by atoms with van der Waals surface area (Å²) in [5.74, 6) is 0. The Balaban J connectivity index is 1.21. The lowest BCUT2D eigenvalue weighted by molar-refractivity contribution is 0.970. The Morgan fingerprint density at radius 3 is 1.00 bits per heavy atom. The van der Waals surface area contributed by atoms with Crippen LogP contribution in [0.1, 0.15) is 47.2 Å². The largest absolute Gasteiger partial charge is 0.0722 e. The molecule has 240 valence electrons. The zero-order chi connectivity index (χ0) is 33.5. The fraction of sp³-hybridized carbons (Fsp3) is 0.130. The Hall–Kier alpha value is -4.12. The minimum absolute atomic E-state index is 0.457. The predicted octanol–water partition coefficient (Wildman–Crippen LogP) is 9.69. The van der Waals surface area contributed by atoms with Gasteiger partial charge in [0.2, 0.25) is 0 Å². The third kappa shape index (κ3) is 5.93. The van der Waals surface area contributed by atoms with Crippen LogP contribution < -0.4 is 31.8 Å². The number of hydrogen-bond donors (Lipinski definition) is 0.